The average Bonchev–Trinajstić information content (AvgIpc) is 2.47. The van der Waals surface area contributed by atoms with Gasteiger partial charge in [0.05, 0.1) is 17.7 Å². The lowest BCUT2D eigenvalue weighted by molar-refractivity contribution is 0.175. The molecule has 20 heavy (non-hydrogen) atoms. The molecule has 0 fully saturated rings. The highest BCUT2D eigenvalue weighted by Gasteiger charge is 2.17. The van der Waals surface area contributed by atoms with Gasteiger partial charge in [-0.05, 0) is 45.8 Å². The fourth-order valence-corrected chi connectivity index (χ4v) is 2.26. The smallest absolute Gasteiger partial charge is 0.143 e. The molecule has 0 aromatic heterocycles. The van der Waals surface area contributed by atoms with Gasteiger partial charge in [-0.1, -0.05) is 12.1 Å². The predicted octanol–water partition coefficient (Wildman–Crippen LogP) is 4.01. The van der Waals surface area contributed by atoms with Crippen LogP contribution in [0, 0.1) is 11.6 Å². The van der Waals surface area contributed by atoms with Crippen molar-refractivity contribution >= 4 is 15.9 Å². The summed E-state index contributed by atoms with van der Waals surface area (Å²) >= 11 is 3.01. The van der Waals surface area contributed by atoms with Gasteiger partial charge in [0, 0.05) is 12.0 Å². The summed E-state index contributed by atoms with van der Waals surface area (Å²) in [4.78, 5) is 0. The molecule has 0 aliphatic heterocycles. The van der Waals surface area contributed by atoms with Gasteiger partial charge in [0.25, 0.3) is 0 Å². The summed E-state index contributed by atoms with van der Waals surface area (Å²) < 4.78 is 32.7. The van der Waals surface area contributed by atoms with E-state index < -0.39 is 17.7 Å². The molecular formula is C15H13BrF2O2. The Morgan fingerprint density at radius 2 is 1.80 bits per heavy atom. The molecule has 0 saturated heterocycles. The van der Waals surface area contributed by atoms with Crippen LogP contribution in [-0.2, 0) is 6.42 Å². The molecule has 2 aromatic carbocycles. The molecule has 2 nitrogen and oxygen atoms in total. The van der Waals surface area contributed by atoms with Crippen molar-refractivity contribution < 1.29 is 18.6 Å². The Labute approximate surface area is 124 Å². The Bertz CT molecular complexity index is 600. The molecule has 0 aliphatic rings. The fraction of sp³-hybridized carbons (Fsp3) is 0.200. The van der Waals surface area contributed by atoms with E-state index >= 15 is 0 Å². The number of aliphatic hydroxyl groups excluding tert-OH is 1. The molecule has 0 aliphatic carbocycles. The van der Waals surface area contributed by atoms with Gasteiger partial charge in [-0.2, -0.15) is 0 Å². The van der Waals surface area contributed by atoms with Gasteiger partial charge in [-0.25, -0.2) is 8.78 Å². The Balaban J connectivity index is 2.23. The number of hydrogen-bond donors (Lipinski definition) is 1. The maximum Gasteiger partial charge on any atom is 0.143 e. The van der Waals surface area contributed by atoms with Crippen molar-refractivity contribution in [3.63, 3.8) is 0 Å². The van der Waals surface area contributed by atoms with Crippen LogP contribution < -0.4 is 4.74 Å². The number of ether oxygens (including phenoxy) is 1. The van der Waals surface area contributed by atoms with E-state index in [1.54, 1.807) is 24.3 Å². The number of methoxy groups -OCH3 is 1. The zero-order valence-electron chi connectivity index (χ0n) is 10.7. The number of benzene rings is 2. The topological polar surface area (TPSA) is 29.5 Å². The molecule has 0 radical (unpaired) electrons. The molecule has 1 N–H and O–H groups in total. The van der Waals surface area contributed by atoms with Gasteiger partial charge in [0.2, 0.25) is 0 Å². The monoisotopic (exact) mass is 342 g/mol. The SMILES string of the molecule is COc1ccc(C(O)Cc2c(F)ccc(Br)c2F)cc1. The van der Waals surface area contributed by atoms with Crippen molar-refractivity contribution in [3.8, 4) is 5.75 Å². The van der Waals surface area contributed by atoms with Gasteiger partial charge in [-0.15, -0.1) is 0 Å². The lowest BCUT2D eigenvalue weighted by atomic mass is 10.0. The first-order valence-electron chi connectivity index (χ1n) is 5.97. The van der Waals surface area contributed by atoms with Crippen LogP contribution in [0.2, 0.25) is 0 Å². The molecule has 0 spiro atoms. The van der Waals surface area contributed by atoms with Crippen LogP contribution in [0.5, 0.6) is 5.75 Å². The standard InChI is InChI=1S/C15H13BrF2O2/c1-20-10-4-2-9(3-5-10)14(19)8-11-13(17)7-6-12(16)15(11)18/h2-7,14,19H,8H2,1H3. The molecule has 0 saturated carbocycles. The van der Waals surface area contributed by atoms with Crippen LogP contribution in [0.15, 0.2) is 40.9 Å². The quantitative estimate of drug-likeness (QED) is 0.850. The van der Waals surface area contributed by atoms with Crippen molar-refractivity contribution in [1.29, 1.82) is 0 Å². The van der Waals surface area contributed by atoms with E-state index in [4.69, 9.17) is 4.74 Å². The maximum absolute atomic E-state index is 13.8. The first kappa shape index (κ1) is 14.9. The Hall–Kier alpha value is -1.46. The Morgan fingerprint density at radius 3 is 2.40 bits per heavy atom. The molecule has 0 amide bonds. The second kappa shape index (κ2) is 6.33. The van der Waals surface area contributed by atoms with Crippen LogP contribution in [-0.4, -0.2) is 12.2 Å². The van der Waals surface area contributed by atoms with E-state index in [0.717, 1.165) is 0 Å². The number of halogens is 3. The number of aliphatic hydroxyl groups is 1. The van der Waals surface area contributed by atoms with Gasteiger partial charge in [-0.3, -0.25) is 0 Å². The van der Waals surface area contributed by atoms with Crippen molar-refractivity contribution in [1.82, 2.24) is 0 Å². The third-order valence-corrected chi connectivity index (χ3v) is 3.65. The van der Waals surface area contributed by atoms with E-state index in [1.165, 1.54) is 19.2 Å². The second-order valence-electron chi connectivity index (χ2n) is 4.31. The van der Waals surface area contributed by atoms with E-state index in [0.29, 0.717) is 11.3 Å². The highest BCUT2D eigenvalue weighted by Crippen LogP contribution is 2.27. The zero-order valence-corrected chi connectivity index (χ0v) is 12.3. The Morgan fingerprint density at radius 1 is 1.15 bits per heavy atom. The largest absolute Gasteiger partial charge is 0.497 e. The first-order chi connectivity index (χ1) is 9.52. The lowest BCUT2D eigenvalue weighted by Gasteiger charge is -2.13. The minimum Gasteiger partial charge on any atom is -0.497 e. The van der Waals surface area contributed by atoms with E-state index in [-0.39, 0.29) is 16.5 Å². The minimum atomic E-state index is -0.987. The lowest BCUT2D eigenvalue weighted by Crippen LogP contribution is -2.06. The van der Waals surface area contributed by atoms with Gasteiger partial charge >= 0.3 is 0 Å². The van der Waals surface area contributed by atoms with Crippen LogP contribution in [0.3, 0.4) is 0 Å². The van der Waals surface area contributed by atoms with Crippen molar-refractivity contribution in [2.75, 3.05) is 7.11 Å². The first-order valence-corrected chi connectivity index (χ1v) is 6.76. The van der Waals surface area contributed by atoms with Gasteiger partial charge in [0.15, 0.2) is 0 Å². The summed E-state index contributed by atoms with van der Waals surface area (Å²) in [6.07, 6.45) is -1.12. The maximum atomic E-state index is 13.8. The highest BCUT2D eigenvalue weighted by molar-refractivity contribution is 9.10. The minimum absolute atomic E-state index is 0.135. The number of hydrogen-bond acceptors (Lipinski definition) is 2. The molecule has 2 aromatic rings. The molecule has 1 atom stereocenters. The van der Waals surface area contributed by atoms with Crippen LogP contribution in [0.25, 0.3) is 0 Å². The summed E-state index contributed by atoms with van der Waals surface area (Å²) in [5.41, 5.74) is 0.437. The zero-order chi connectivity index (χ0) is 14.7. The van der Waals surface area contributed by atoms with E-state index in [9.17, 15) is 13.9 Å². The van der Waals surface area contributed by atoms with Crippen molar-refractivity contribution in [2.24, 2.45) is 0 Å². The molecule has 0 heterocycles. The third-order valence-electron chi connectivity index (χ3n) is 3.04. The number of rotatable bonds is 4. The molecule has 1 unspecified atom stereocenters. The Kier molecular flexibility index (Phi) is 4.73. The van der Waals surface area contributed by atoms with Crippen LogP contribution in [0.1, 0.15) is 17.2 Å². The summed E-state index contributed by atoms with van der Waals surface area (Å²) in [5, 5.41) is 10.1. The predicted molar refractivity (Wildman–Crippen MR) is 75.7 cm³/mol. The molecule has 106 valence electrons. The van der Waals surface area contributed by atoms with E-state index in [2.05, 4.69) is 15.9 Å². The van der Waals surface area contributed by atoms with Gasteiger partial charge < -0.3 is 9.84 Å². The van der Waals surface area contributed by atoms with Gasteiger partial charge in [0.1, 0.15) is 17.4 Å². The summed E-state index contributed by atoms with van der Waals surface area (Å²) in [6.45, 7) is 0. The third kappa shape index (κ3) is 3.16. The normalized spacial score (nSPS) is 12.2. The molecule has 0 bridgehead atoms. The van der Waals surface area contributed by atoms with Crippen LogP contribution in [0.4, 0.5) is 8.78 Å². The summed E-state index contributed by atoms with van der Waals surface area (Å²) in [6, 6.07) is 9.17. The average molecular weight is 343 g/mol. The fourth-order valence-electron chi connectivity index (χ4n) is 1.89. The summed E-state index contributed by atoms with van der Waals surface area (Å²) in [5.74, 6) is -0.698. The summed E-state index contributed by atoms with van der Waals surface area (Å²) in [7, 11) is 1.54. The van der Waals surface area contributed by atoms with Crippen LogP contribution >= 0.6 is 15.9 Å². The second-order valence-corrected chi connectivity index (χ2v) is 5.17. The van der Waals surface area contributed by atoms with Crippen molar-refractivity contribution in [2.45, 2.75) is 12.5 Å². The molecular weight excluding hydrogens is 330 g/mol. The van der Waals surface area contributed by atoms with Crippen molar-refractivity contribution in [3.05, 3.63) is 63.6 Å². The molecule has 5 heteroatoms. The highest BCUT2D eigenvalue weighted by atomic mass is 79.9. The molecule has 2 rings (SSSR count). The van der Waals surface area contributed by atoms with E-state index in [1.807, 2.05) is 0 Å².